The van der Waals surface area contributed by atoms with Crippen molar-refractivity contribution in [1.82, 2.24) is 14.5 Å². The predicted molar refractivity (Wildman–Crippen MR) is 98.4 cm³/mol. The van der Waals surface area contributed by atoms with Gasteiger partial charge in [0.05, 0.1) is 0 Å². The molecule has 0 aliphatic carbocycles. The number of aromatic hydroxyl groups is 1. The summed E-state index contributed by atoms with van der Waals surface area (Å²) in [7, 11) is 2.80. The Labute approximate surface area is 146 Å². The molecule has 0 saturated heterocycles. The highest BCUT2D eigenvalue weighted by Gasteiger charge is 2.16. The summed E-state index contributed by atoms with van der Waals surface area (Å²) in [5.74, 6) is -0.350. The van der Waals surface area contributed by atoms with Crippen molar-refractivity contribution in [2.75, 3.05) is 13.1 Å². The lowest BCUT2D eigenvalue weighted by Crippen LogP contribution is -2.39. The van der Waals surface area contributed by atoms with E-state index >= 15 is 0 Å². The maximum absolute atomic E-state index is 12.2. The second-order valence-electron chi connectivity index (χ2n) is 5.89. The Morgan fingerprint density at radius 3 is 2.52 bits per heavy atom. The number of benzene rings is 1. The van der Waals surface area contributed by atoms with Gasteiger partial charge in [-0.3, -0.25) is 18.9 Å². The van der Waals surface area contributed by atoms with Crippen LogP contribution in [0.2, 0.25) is 0 Å². The van der Waals surface area contributed by atoms with Crippen molar-refractivity contribution in [3.63, 3.8) is 0 Å². The maximum Gasteiger partial charge on any atom is 0.333 e. The zero-order valence-corrected chi connectivity index (χ0v) is 14.8. The first-order chi connectivity index (χ1) is 11.9. The van der Waals surface area contributed by atoms with Crippen LogP contribution in [0.5, 0.6) is 5.88 Å². The van der Waals surface area contributed by atoms with Gasteiger partial charge in [-0.25, -0.2) is 4.79 Å². The highest BCUT2D eigenvalue weighted by Crippen LogP contribution is 2.10. The van der Waals surface area contributed by atoms with Gasteiger partial charge in [-0.1, -0.05) is 30.3 Å². The van der Waals surface area contributed by atoms with Gasteiger partial charge in [0.25, 0.3) is 5.56 Å². The first kappa shape index (κ1) is 18.7. The highest BCUT2D eigenvalue weighted by atomic mass is 16.3. The summed E-state index contributed by atoms with van der Waals surface area (Å²) in [4.78, 5) is 28.3. The van der Waals surface area contributed by atoms with E-state index in [0.717, 1.165) is 28.6 Å². The fraction of sp³-hybridized carbons (Fsp3) is 0.389. The first-order valence-corrected chi connectivity index (χ1v) is 8.18. The van der Waals surface area contributed by atoms with Crippen LogP contribution in [0.1, 0.15) is 24.5 Å². The topological polar surface area (TPSA) is 88.6 Å². The number of nitrogens with one attached hydrogen (secondary N) is 1. The molecule has 2 N–H and O–H groups in total. The Balaban J connectivity index is 1.94. The quantitative estimate of drug-likeness (QED) is 0.574. The molecule has 0 aliphatic heterocycles. The third kappa shape index (κ3) is 4.45. The zero-order chi connectivity index (χ0) is 18.4. The summed E-state index contributed by atoms with van der Waals surface area (Å²) in [6.07, 6.45) is 0.803. The van der Waals surface area contributed by atoms with E-state index in [0.29, 0.717) is 12.3 Å². The SMILES string of the molecule is CC(=NCCCNCc1ccccc1)c1c(O)n(C)c(=O)n(C)c1=O. The van der Waals surface area contributed by atoms with Crippen molar-refractivity contribution >= 4 is 5.71 Å². The van der Waals surface area contributed by atoms with E-state index in [-0.39, 0.29) is 11.4 Å². The van der Waals surface area contributed by atoms with E-state index in [1.165, 1.54) is 19.7 Å². The van der Waals surface area contributed by atoms with Gasteiger partial charge in [0.2, 0.25) is 5.88 Å². The third-order valence-electron chi connectivity index (χ3n) is 4.03. The minimum atomic E-state index is -0.566. The van der Waals surface area contributed by atoms with Crippen LogP contribution in [-0.4, -0.2) is 33.0 Å². The molecule has 1 heterocycles. The zero-order valence-electron chi connectivity index (χ0n) is 14.8. The molecule has 2 rings (SSSR count). The molecule has 0 spiro atoms. The summed E-state index contributed by atoms with van der Waals surface area (Å²) in [6.45, 7) is 3.78. The van der Waals surface area contributed by atoms with Crippen molar-refractivity contribution in [3.05, 3.63) is 62.3 Å². The Bertz CT molecular complexity index is 866. The van der Waals surface area contributed by atoms with E-state index in [2.05, 4.69) is 22.4 Å². The second-order valence-corrected chi connectivity index (χ2v) is 5.89. The molecule has 0 amide bonds. The Kier molecular flexibility index (Phi) is 6.30. The largest absolute Gasteiger partial charge is 0.494 e. The molecule has 0 saturated carbocycles. The molecular formula is C18H24N4O3. The van der Waals surface area contributed by atoms with Crippen LogP contribution in [0.15, 0.2) is 44.9 Å². The molecule has 7 heteroatoms. The fourth-order valence-corrected chi connectivity index (χ4v) is 2.51. The van der Waals surface area contributed by atoms with Crippen LogP contribution in [0.3, 0.4) is 0 Å². The number of nitrogens with zero attached hydrogens (tertiary/aromatic N) is 3. The molecule has 1 aromatic carbocycles. The number of hydrogen-bond donors (Lipinski definition) is 2. The Hall–Kier alpha value is -2.67. The molecule has 0 fully saturated rings. The summed E-state index contributed by atoms with van der Waals surface area (Å²) in [6, 6.07) is 10.1. The summed E-state index contributed by atoms with van der Waals surface area (Å²) < 4.78 is 2.01. The third-order valence-corrected chi connectivity index (χ3v) is 4.03. The lowest BCUT2D eigenvalue weighted by Gasteiger charge is -2.10. The predicted octanol–water partition coefficient (Wildman–Crippen LogP) is 0.778. The fourth-order valence-electron chi connectivity index (χ4n) is 2.51. The van der Waals surface area contributed by atoms with Crippen LogP contribution in [0.4, 0.5) is 0 Å². The smallest absolute Gasteiger partial charge is 0.333 e. The molecule has 7 nitrogen and oxygen atoms in total. The standard InChI is InChI=1S/C18H24N4O3/c1-13(15-16(23)21(2)18(25)22(3)17(15)24)20-11-7-10-19-12-14-8-5-4-6-9-14/h4-6,8-9,19,23H,7,10-12H2,1-3H3. The van der Waals surface area contributed by atoms with Crippen LogP contribution in [0, 0.1) is 0 Å². The van der Waals surface area contributed by atoms with Crippen LogP contribution in [-0.2, 0) is 20.6 Å². The van der Waals surface area contributed by atoms with E-state index in [1.807, 2.05) is 18.2 Å². The molecular weight excluding hydrogens is 320 g/mol. The highest BCUT2D eigenvalue weighted by molar-refractivity contribution is 6.00. The van der Waals surface area contributed by atoms with E-state index in [4.69, 9.17) is 0 Å². The van der Waals surface area contributed by atoms with Crippen molar-refractivity contribution < 1.29 is 5.11 Å². The van der Waals surface area contributed by atoms with Crippen LogP contribution in [0.25, 0.3) is 0 Å². The lowest BCUT2D eigenvalue weighted by atomic mass is 10.2. The van der Waals surface area contributed by atoms with E-state index in [9.17, 15) is 14.7 Å². The van der Waals surface area contributed by atoms with Gasteiger partial charge in [0.15, 0.2) is 0 Å². The molecule has 1 aromatic heterocycles. The molecule has 0 aliphatic rings. The van der Waals surface area contributed by atoms with Crippen LogP contribution < -0.4 is 16.6 Å². The summed E-state index contributed by atoms with van der Waals surface area (Å²) >= 11 is 0. The molecule has 134 valence electrons. The van der Waals surface area contributed by atoms with Gasteiger partial charge in [0.1, 0.15) is 5.56 Å². The number of rotatable bonds is 7. The normalized spacial score (nSPS) is 11.7. The minimum Gasteiger partial charge on any atom is -0.494 e. The Morgan fingerprint density at radius 1 is 1.16 bits per heavy atom. The van der Waals surface area contributed by atoms with Gasteiger partial charge in [-0.05, 0) is 25.5 Å². The monoisotopic (exact) mass is 344 g/mol. The van der Waals surface area contributed by atoms with Crippen molar-refractivity contribution in [1.29, 1.82) is 0 Å². The second kappa shape index (κ2) is 8.43. The maximum atomic E-state index is 12.2. The molecule has 0 atom stereocenters. The molecule has 0 unspecified atom stereocenters. The Morgan fingerprint density at radius 2 is 1.84 bits per heavy atom. The van der Waals surface area contributed by atoms with Gasteiger partial charge in [0, 0.05) is 32.9 Å². The molecule has 0 radical (unpaired) electrons. The van der Waals surface area contributed by atoms with Gasteiger partial charge >= 0.3 is 5.69 Å². The lowest BCUT2D eigenvalue weighted by molar-refractivity contribution is 0.410. The minimum absolute atomic E-state index is 0.0712. The average Bonchev–Trinajstić information content (AvgIpc) is 2.62. The first-order valence-electron chi connectivity index (χ1n) is 8.18. The number of aromatic nitrogens is 2. The van der Waals surface area contributed by atoms with Crippen LogP contribution >= 0.6 is 0 Å². The summed E-state index contributed by atoms with van der Waals surface area (Å²) in [5.41, 5.74) is 0.618. The number of hydrogen-bond acceptors (Lipinski definition) is 5. The van der Waals surface area contributed by atoms with Crippen molar-refractivity contribution in [2.24, 2.45) is 19.1 Å². The average molecular weight is 344 g/mol. The molecule has 0 bridgehead atoms. The number of aliphatic imine (C=N–C) groups is 1. The van der Waals surface area contributed by atoms with Crippen molar-refractivity contribution in [2.45, 2.75) is 19.9 Å². The van der Waals surface area contributed by atoms with Gasteiger partial charge in [-0.2, -0.15) is 0 Å². The van der Waals surface area contributed by atoms with E-state index in [1.54, 1.807) is 6.92 Å². The molecule has 25 heavy (non-hydrogen) atoms. The van der Waals surface area contributed by atoms with Crippen molar-refractivity contribution in [3.8, 4) is 5.88 Å². The summed E-state index contributed by atoms with van der Waals surface area (Å²) in [5, 5.41) is 13.4. The van der Waals surface area contributed by atoms with Gasteiger partial charge < -0.3 is 10.4 Å². The molecule has 2 aromatic rings. The van der Waals surface area contributed by atoms with E-state index < -0.39 is 11.2 Å². The van der Waals surface area contributed by atoms with Gasteiger partial charge in [-0.15, -0.1) is 0 Å².